The third-order valence-electron chi connectivity index (χ3n) is 4.21. The van der Waals surface area contributed by atoms with E-state index in [1.165, 1.54) is 29.2 Å². The maximum Gasteiger partial charge on any atom is 0.335 e. The Morgan fingerprint density at radius 2 is 1.50 bits per heavy atom. The van der Waals surface area contributed by atoms with Gasteiger partial charge in [0.15, 0.2) is 0 Å². The number of nitrogens with zero attached hydrogens (tertiary/aromatic N) is 1. The van der Waals surface area contributed by atoms with Crippen LogP contribution in [-0.2, 0) is 9.59 Å². The first kappa shape index (κ1) is 12.8. The number of carbonyl (C=O) groups excluding carboxylic acids is 2. The lowest BCUT2D eigenvalue weighted by atomic mass is 9.81. The normalized spacial score (nSPS) is 25.7. The number of carboxylic acids is 1. The number of amides is 2. The molecule has 0 aromatic heterocycles. The van der Waals surface area contributed by atoms with Crippen molar-refractivity contribution >= 4 is 23.5 Å². The van der Waals surface area contributed by atoms with Crippen LogP contribution in [0.1, 0.15) is 36.0 Å². The fraction of sp³-hybridized carbons (Fsp3) is 0.400. The van der Waals surface area contributed by atoms with Gasteiger partial charge in [0.2, 0.25) is 11.8 Å². The highest BCUT2D eigenvalue weighted by atomic mass is 16.4. The van der Waals surface area contributed by atoms with Gasteiger partial charge < -0.3 is 5.11 Å². The molecular formula is C15H15NO4. The summed E-state index contributed by atoms with van der Waals surface area (Å²) in [5, 5.41) is 8.87. The zero-order valence-corrected chi connectivity index (χ0v) is 10.9. The van der Waals surface area contributed by atoms with Crippen molar-refractivity contribution in [1.82, 2.24) is 0 Å². The molecule has 1 saturated heterocycles. The molecule has 5 heteroatoms. The molecule has 1 N–H and O–H groups in total. The third kappa shape index (κ3) is 1.90. The molecule has 1 aromatic carbocycles. The van der Waals surface area contributed by atoms with Crippen LogP contribution in [-0.4, -0.2) is 22.9 Å². The van der Waals surface area contributed by atoms with E-state index in [0.717, 1.165) is 25.7 Å². The summed E-state index contributed by atoms with van der Waals surface area (Å²) in [5.74, 6) is -1.67. The second kappa shape index (κ2) is 4.74. The second-order valence-electron chi connectivity index (χ2n) is 5.36. The van der Waals surface area contributed by atoms with Gasteiger partial charge in [-0.25, -0.2) is 4.79 Å². The van der Waals surface area contributed by atoms with Crippen LogP contribution >= 0.6 is 0 Å². The first-order valence-electron chi connectivity index (χ1n) is 6.81. The fourth-order valence-corrected chi connectivity index (χ4v) is 3.17. The van der Waals surface area contributed by atoms with E-state index in [9.17, 15) is 14.4 Å². The van der Waals surface area contributed by atoms with E-state index in [1.807, 2.05) is 0 Å². The number of carboxylic acid groups (broad SMARTS) is 1. The van der Waals surface area contributed by atoms with E-state index in [1.54, 1.807) is 0 Å². The molecule has 5 nitrogen and oxygen atoms in total. The lowest BCUT2D eigenvalue weighted by Gasteiger charge is -2.19. The van der Waals surface area contributed by atoms with Gasteiger partial charge in [-0.15, -0.1) is 0 Å². The summed E-state index contributed by atoms with van der Waals surface area (Å²) in [6, 6.07) is 5.88. The number of imide groups is 1. The molecule has 0 bridgehead atoms. The predicted molar refractivity (Wildman–Crippen MR) is 71.3 cm³/mol. The monoisotopic (exact) mass is 273 g/mol. The van der Waals surface area contributed by atoms with Crippen LogP contribution in [0.25, 0.3) is 0 Å². The lowest BCUT2D eigenvalue weighted by Crippen LogP contribution is -2.30. The van der Waals surface area contributed by atoms with Crippen LogP contribution < -0.4 is 4.90 Å². The van der Waals surface area contributed by atoms with E-state index in [4.69, 9.17) is 5.11 Å². The Bertz CT molecular complexity index is 554. The summed E-state index contributed by atoms with van der Waals surface area (Å²) >= 11 is 0. The number of carbonyl (C=O) groups is 3. The van der Waals surface area contributed by atoms with Crippen LogP contribution in [0.15, 0.2) is 24.3 Å². The van der Waals surface area contributed by atoms with E-state index >= 15 is 0 Å². The maximum absolute atomic E-state index is 12.4. The van der Waals surface area contributed by atoms with Crippen molar-refractivity contribution in [2.45, 2.75) is 25.7 Å². The molecule has 2 aliphatic rings. The summed E-state index contributed by atoms with van der Waals surface area (Å²) in [7, 11) is 0. The van der Waals surface area contributed by atoms with Crippen molar-refractivity contribution < 1.29 is 19.5 Å². The zero-order chi connectivity index (χ0) is 14.3. The topological polar surface area (TPSA) is 74.7 Å². The molecule has 2 fully saturated rings. The molecule has 0 radical (unpaired) electrons. The van der Waals surface area contributed by atoms with Gasteiger partial charge in [-0.3, -0.25) is 14.5 Å². The standard InChI is InChI=1S/C15H15NO4/c17-13-11-3-1-2-4-12(11)14(18)16(13)10-7-5-9(6-8-10)15(19)20/h5-8,11-12H,1-4H2,(H,19,20)/t11-,12-/m1/s1. The Kier molecular flexibility index (Phi) is 3.04. The molecule has 2 atom stereocenters. The van der Waals surface area contributed by atoms with Gasteiger partial charge in [-0.1, -0.05) is 12.8 Å². The molecule has 0 unspecified atom stereocenters. The van der Waals surface area contributed by atoms with E-state index in [-0.39, 0.29) is 29.2 Å². The Labute approximate surface area is 116 Å². The number of fused-ring (bicyclic) bond motifs is 1. The highest BCUT2D eigenvalue weighted by Gasteiger charge is 2.48. The highest BCUT2D eigenvalue weighted by Crippen LogP contribution is 2.39. The Balaban J connectivity index is 1.91. The lowest BCUT2D eigenvalue weighted by molar-refractivity contribution is -0.122. The molecule has 2 amide bonds. The van der Waals surface area contributed by atoms with Crippen LogP contribution in [0, 0.1) is 11.8 Å². The summed E-state index contributed by atoms with van der Waals surface area (Å²) in [5.41, 5.74) is 0.615. The molecule has 1 saturated carbocycles. The minimum atomic E-state index is -1.02. The van der Waals surface area contributed by atoms with Gasteiger partial charge in [0.25, 0.3) is 0 Å². The van der Waals surface area contributed by atoms with Gasteiger partial charge in [0.1, 0.15) is 0 Å². The van der Waals surface area contributed by atoms with Gasteiger partial charge in [-0.05, 0) is 37.1 Å². The van der Waals surface area contributed by atoms with Crippen LogP contribution in [0.2, 0.25) is 0 Å². The Morgan fingerprint density at radius 3 is 1.95 bits per heavy atom. The SMILES string of the molecule is O=C(O)c1ccc(N2C(=O)[C@@H]3CCCC[C@H]3C2=O)cc1. The van der Waals surface area contributed by atoms with Crippen LogP contribution in [0.3, 0.4) is 0 Å². The van der Waals surface area contributed by atoms with Crippen molar-refractivity contribution in [3.05, 3.63) is 29.8 Å². The number of hydrogen-bond donors (Lipinski definition) is 1. The predicted octanol–water partition coefficient (Wildman–Crippen LogP) is 2.06. The number of anilines is 1. The van der Waals surface area contributed by atoms with E-state index in [0.29, 0.717) is 5.69 Å². The van der Waals surface area contributed by atoms with Crippen molar-refractivity contribution in [3.63, 3.8) is 0 Å². The minimum absolute atomic E-state index is 0.136. The summed E-state index contributed by atoms with van der Waals surface area (Å²) in [6.07, 6.45) is 3.54. The summed E-state index contributed by atoms with van der Waals surface area (Å²) < 4.78 is 0. The van der Waals surface area contributed by atoms with Gasteiger partial charge in [0.05, 0.1) is 23.1 Å². The maximum atomic E-state index is 12.4. The summed E-state index contributed by atoms with van der Waals surface area (Å²) in [4.78, 5) is 36.8. The van der Waals surface area contributed by atoms with E-state index < -0.39 is 5.97 Å². The molecule has 1 heterocycles. The largest absolute Gasteiger partial charge is 0.478 e. The number of hydrogen-bond acceptors (Lipinski definition) is 3. The second-order valence-corrected chi connectivity index (χ2v) is 5.36. The van der Waals surface area contributed by atoms with Crippen LogP contribution in [0.4, 0.5) is 5.69 Å². The number of aromatic carboxylic acids is 1. The molecule has 1 aromatic rings. The van der Waals surface area contributed by atoms with E-state index in [2.05, 4.69) is 0 Å². The van der Waals surface area contributed by atoms with Crippen molar-refractivity contribution in [2.24, 2.45) is 11.8 Å². The molecule has 0 spiro atoms. The first-order chi connectivity index (χ1) is 9.59. The van der Waals surface area contributed by atoms with Crippen LogP contribution in [0.5, 0.6) is 0 Å². The molecule has 3 rings (SSSR count). The van der Waals surface area contributed by atoms with Gasteiger partial charge in [0, 0.05) is 0 Å². The average Bonchev–Trinajstić information content (AvgIpc) is 2.72. The number of rotatable bonds is 2. The molecule has 1 aliphatic carbocycles. The van der Waals surface area contributed by atoms with Crippen molar-refractivity contribution in [3.8, 4) is 0 Å². The molecule has 104 valence electrons. The molecular weight excluding hydrogens is 258 g/mol. The molecule has 1 aliphatic heterocycles. The Morgan fingerprint density at radius 1 is 1.00 bits per heavy atom. The van der Waals surface area contributed by atoms with Crippen molar-refractivity contribution in [1.29, 1.82) is 0 Å². The van der Waals surface area contributed by atoms with Crippen molar-refractivity contribution in [2.75, 3.05) is 4.90 Å². The first-order valence-corrected chi connectivity index (χ1v) is 6.81. The smallest absolute Gasteiger partial charge is 0.335 e. The van der Waals surface area contributed by atoms with Gasteiger partial charge in [-0.2, -0.15) is 0 Å². The highest BCUT2D eigenvalue weighted by molar-refractivity contribution is 6.22. The number of benzene rings is 1. The quantitative estimate of drug-likeness (QED) is 0.837. The average molecular weight is 273 g/mol. The third-order valence-corrected chi connectivity index (χ3v) is 4.21. The fourth-order valence-electron chi connectivity index (χ4n) is 3.17. The minimum Gasteiger partial charge on any atom is -0.478 e. The zero-order valence-electron chi connectivity index (χ0n) is 10.9. The Hall–Kier alpha value is -2.17. The summed E-state index contributed by atoms with van der Waals surface area (Å²) in [6.45, 7) is 0. The van der Waals surface area contributed by atoms with Gasteiger partial charge >= 0.3 is 5.97 Å². The molecule has 20 heavy (non-hydrogen) atoms.